The van der Waals surface area contributed by atoms with E-state index in [1.807, 2.05) is 12.1 Å². The topological polar surface area (TPSA) is 79.0 Å². The van der Waals surface area contributed by atoms with E-state index in [-0.39, 0.29) is 35.1 Å². The number of carbonyl (C=O) groups is 1. The molecule has 0 saturated carbocycles. The van der Waals surface area contributed by atoms with Crippen LogP contribution in [0.15, 0.2) is 77.7 Å². The Hall–Kier alpha value is -3.41. The number of piperidine rings is 1. The first-order chi connectivity index (χ1) is 21.0. The molecule has 2 aliphatic rings. The highest BCUT2D eigenvalue weighted by molar-refractivity contribution is 7.91. The Morgan fingerprint density at radius 2 is 1.59 bits per heavy atom. The molecule has 0 aliphatic carbocycles. The van der Waals surface area contributed by atoms with Crippen LogP contribution in [0, 0.1) is 0 Å². The maximum absolute atomic E-state index is 13.1. The minimum Gasteiger partial charge on any atom is -0.379 e. The molecule has 0 unspecified atom stereocenters. The number of anilines is 1. The molecule has 11 heteroatoms. The molecule has 44 heavy (non-hydrogen) atoms. The number of amides is 1. The minimum atomic E-state index is -4.36. The monoisotopic (exact) mass is 629 g/mol. The number of carbonyl (C=O) groups excluding carboxylic acids is 1. The van der Waals surface area contributed by atoms with Crippen molar-refractivity contribution in [2.45, 2.75) is 49.3 Å². The predicted molar refractivity (Wildman–Crippen MR) is 164 cm³/mol. The van der Waals surface area contributed by atoms with Crippen LogP contribution in [-0.2, 0) is 27.3 Å². The van der Waals surface area contributed by atoms with Crippen molar-refractivity contribution in [3.63, 3.8) is 0 Å². The fourth-order valence-corrected chi connectivity index (χ4v) is 6.79. The highest BCUT2D eigenvalue weighted by Gasteiger charge is 2.33. The molecule has 1 N–H and O–H groups in total. The molecule has 3 aromatic rings. The summed E-state index contributed by atoms with van der Waals surface area (Å²) in [5, 5.41) is 2.89. The van der Waals surface area contributed by atoms with Crippen molar-refractivity contribution in [2.24, 2.45) is 0 Å². The number of benzene rings is 3. The van der Waals surface area contributed by atoms with Gasteiger partial charge in [0.15, 0.2) is 9.84 Å². The van der Waals surface area contributed by atoms with Gasteiger partial charge in [-0.15, -0.1) is 0 Å². The number of ether oxygens (including phenoxy) is 1. The summed E-state index contributed by atoms with van der Waals surface area (Å²) in [5.74, 6) is -0.131. The molecule has 2 heterocycles. The van der Waals surface area contributed by atoms with Gasteiger partial charge in [-0.05, 0) is 72.5 Å². The SMILES string of the molecule is CCS(=O)(=O)c1ccc(CNC(=O)c2ccc(N3C[C@@H](c4ccc(C(F)(F)F)cc4)CC[C@H]3CN3CCOCC3)cc2)cc1. The first kappa shape index (κ1) is 32.0. The van der Waals surface area contributed by atoms with E-state index < -0.39 is 21.6 Å². The van der Waals surface area contributed by atoms with Gasteiger partial charge in [-0.3, -0.25) is 9.69 Å². The van der Waals surface area contributed by atoms with E-state index in [0.717, 1.165) is 61.4 Å². The number of hydrogen-bond acceptors (Lipinski definition) is 6. The lowest BCUT2D eigenvalue weighted by Gasteiger charge is -2.44. The number of halogens is 3. The lowest BCUT2D eigenvalue weighted by atomic mass is 9.86. The van der Waals surface area contributed by atoms with E-state index in [4.69, 9.17) is 4.74 Å². The summed E-state index contributed by atoms with van der Waals surface area (Å²) in [6.07, 6.45) is -2.59. The predicted octanol–water partition coefficient (Wildman–Crippen LogP) is 5.51. The second kappa shape index (κ2) is 13.7. The van der Waals surface area contributed by atoms with Crippen LogP contribution in [0.25, 0.3) is 0 Å². The van der Waals surface area contributed by atoms with Crippen LogP contribution in [0.5, 0.6) is 0 Å². The van der Waals surface area contributed by atoms with Gasteiger partial charge in [0.25, 0.3) is 5.91 Å². The van der Waals surface area contributed by atoms with Gasteiger partial charge in [0, 0.05) is 55.9 Å². The maximum atomic E-state index is 13.1. The fraction of sp³-hybridized carbons (Fsp3) is 0.424. The van der Waals surface area contributed by atoms with Gasteiger partial charge in [0.1, 0.15) is 0 Å². The Labute approximate surface area is 256 Å². The number of alkyl halides is 3. The standard InChI is InChI=1S/C33H38F3N3O4S/c1-2-44(41,42)31-15-3-24(4-16-31)21-37-32(40)26-7-12-29(13-8-26)39-22-27(25-5-10-28(11-6-25)33(34,35)36)9-14-30(39)23-38-17-19-43-20-18-38/h3-8,10-13,15-16,27,30H,2,9,14,17-23H2,1H3,(H,37,40)/t27-,30-/m0/s1. The molecule has 2 saturated heterocycles. The molecule has 236 valence electrons. The zero-order valence-electron chi connectivity index (χ0n) is 24.7. The molecule has 7 nitrogen and oxygen atoms in total. The molecule has 0 radical (unpaired) electrons. The Morgan fingerprint density at radius 3 is 2.20 bits per heavy atom. The normalized spacial score (nSPS) is 20.0. The van der Waals surface area contributed by atoms with E-state index in [1.54, 1.807) is 55.5 Å². The van der Waals surface area contributed by atoms with Crippen molar-refractivity contribution in [3.8, 4) is 0 Å². The molecule has 1 amide bonds. The summed E-state index contributed by atoms with van der Waals surface area (Å²) in [4.78, 5) is 17.9. The lowest BCUT2D eigenvalue weighted by molar-refractivity contribution is -0.137. The first-order valence-corrected chi connectivity index (χ1v) is 16.6. The number of hydrogen-bond donors (Lipinski definition) is 1. The van der Waals surface area contributed by atoms with Crippen LogP contribution >= 0.6 is 0 Å². The Bertz CT molecular complexity index is 1510. The van der Waals surface area contributed by atoms with Crippen molar-refractivity contribution >= 4 is 21.4 Å². The molecule has 0 spiro atoms. The van der Waals surface area contributed by atoms with Gasteiger partial charge in [0.05, 0.1) is 29.4 Å². The molecule has 2 aliphatic heterocycles. The molecule has 2 fully saturated rings. The molecular formula is C33H38F3N3O4S. The zero-order chi connectivity index (χ0) is 31.3. The van der Waals surface area contributed by atoms with E-state index in [0.29, 0.717) is 25.3 Å². The Morgan fingerprint density at radius 1 is 0.932 bits per heavy atom. The van der Waals surface area contributed by atoms with Gasteiger partial charge in [0.2, 0.25) is 0 Å². The number of nitrogens with one attached hydrogen (secondary N) is 1. The highest BCUT2D eigenvalue weighted by Crippen LogP contribution is 2.36. The smallest absolute Gasteiger partial charge is 0.379 e. The Balaban J connectivity index is 1.27. The molecule has 0 aromatic heterocycles. The van der Waals surface area contributed by atoms with Crippen molar-refractivity contribution in [2.75, 3.05) is 50.0 Å². The second-order valence-electron chi connectivity index (χ2n) is 11.4. The van der Waals surface area contributed by atoms with Crippen LogP contribution in [0.1, 0.15) is 52.7 Å². The third kappa shape index (κ3) is 7.80. The van der Waals surface area contributed by atoms with E-state index in [9.17, 15) is 26.4 Å². The number of nitrogens with zero attached hydrogens (tertiary/aromatic N) is 2. The van der Waals surface area contributed by atoms with Crippen LogP contribution in [0.4, 0.5) is 18.9 Å². The molecule has 0 bridgehead atoms. The van der Waals surface area contributed by atoms with Gasteiger partial charge < -0.3 is 15.0 Å². The summed E-state index contributed by atoms with van der Waals surface area (Å²) in [5.41, 5.74) is 2.50. The largest absolute Gasteiger partial charge is 0.416 e. The van der Waals surface area contributed by atoms with Crippen LogP contribution in [-0.4, -0.2) is 70.4 Å². The number of rotatable bonds is 9. The molecule has 3 aromatic carbocycles. The molecule has 2 atom stereocenters. The minimum absolute atomic E-state index is 0.0280. The average molecular weight is 630 g/mol. The fourth-order valence-electron chi connectivity index (χ4n) is 5.90. The van der Waals surface area contributed by atoms with E-state index >= 15 is 0 Å². The van der Waals surface area contributed by atoms with Crippen LogP contribution in [0.2, 0.25) is 0 Å². The van der Waals surface area contributed by atoms with Crippen LogP contribution in [0.3, 0.4) is 0 Å². The number of morpholine rings is 1. The lowest BCUT2D eigenvalue weighted by Crippen LogP contribution is -2.51. The van der Waals surface area contributed by atoms with Crippen molar-refractivity contribution < 1.29 is 31.1 Å². The van der Waals surface area contributed by atoms with Crippen LogP contribution < -0.4 is 10.2 Å². The number of sulfone groups is 1. The molecular weight excluding hydrogens is 591 g/mol. The second-order valence-corrected chi connectivity index (χ2v) is 13.7. The van der Waals surface area contributed by atoms with E-state index in [2.05, 4.69) is 15.1 Å². The van der Waals surface area contributed by atoms with Gasteiger partial charge >= 0.3 is 6.18 Å². The third-order valence-corrected chi connectivity index (χ3v) is 10.3. The van der Waals surface area contributed by atoms with Crippen molar-refractivity contribution in [1.82, 2.24) is 10.2 Å². The summed E-state index contributed by atoms with van der Waals surface area (Å²) >= 11 is 0. The summed E-state index contributed by atoms with van der Waals surface area (Å²) in [6, 6.07) is 19.7. The maximum Gasteiger partial charge on any atom is 0.416 e. The first-order valence-electron chi connectivity index (χ1n) is 15.0. The molecule has 5 rings (SSSR count). The average Bonchev–Trinajstić information content (AvgIpc) is 3.04. The Kier molecular flexibility index (Phi) is 9.97. The summed E-state index contributed by atoms with van der Waals surface area (Å²) in [6.45, 7) is 6.52. The zero-order valence-corrected chi connectivity index (χ0v) is 25.5. The summed E-state index contributed by atoms with van der Waals surface area (Å²) < 4.78 is 69.0. The van der Waals surface area contributed by atoms with Crippen molar-refractivity contribution in [1.29, 1.82) is 0 Å². The van der Waals surface area contributed by atoms with Gasteiger partial charge in [-0.2, -0.15) is 13.2 Å². The van der Waals surface area contributed by atoms with Gasteiger partial charge in [-0.25, -0.2) is 8.42 Å². The van der Waals surface area contributed by atoms with E-state index in [1.165, 1.54) is 0 Å². The quantitative estimate of drug-likeness (QED) is 0.336. The van der Waals surface area contributed by atoms with Gasteiger partial charge in [-0.1, -0.05) is 31.2 Å². The summed E-state index contributed by atoms with van der Waals surface area (Å²) in [7, 11) is -3.28. The van der Waals surface area contributed by atoms with Crippen molar-refractivity contribution in [3.05, 3.63) is 95.1 Å². The third-order valence-electron chi connectivity index (χ3n) is 8.56. The highest BCUT2D eigenvalue weighted by atomic mass is 32.2.